The van der Waals surface area contributed by atoms with E-state index in [0.29, 0.717) is 9.65 Å². The average Bonchev–Trinajstić information content (AvgIpc) is 2.84. The van der Waals surface area contributed by atoms with Gasteiger partial charge in [0.1, 0.15) is 0 Å². The van der Waals surface area contributed by atoms with Gasteiger partial charge in [-0.3, -0.25) is 0 Å². The van der Waals surface area contributed by atoms with Gasteiger partial charge >= 0.3 is 126 Å². The van der Waals surface area contributed by atoms with E-state index in [0.717, 1.165) is 5.56 Å². The topological polar surface area (TPSA) is 65.1 Å². The molecule has 106 valence electrons. The second kappa shape index (κ2) is 5.31. The molecule has 0 aliphatic heterocycles. The molecule has 0 aliphatic carbocycles. The Morgan fingerprint density at radius 1 is 1.14 bits per heavy atom. The molecule has 1 unspecified atom stereocenters. The standard InChI is InChI=1S/C15H12N2O3Se/c1-10(11-6-3-2-4-7-11)16-15(18)12-8-5-9-13(17(19)20)14(12)21-16/h2-10H,1H3. The molecule has 21 heavy (non-hydrogen) atoms. The van der Waals surface area contributed by atoms with Crippen LogP contribution >= 0.6 is 0 Å². The van der Waals surface area contributed by atoms with Crippen LogP contribution in [0.15, 0.2) is 53.3 Å². The molecule has 0 radical (unpaired) electrons. The van der Waals surface area contributed by atoms with E-state index in [1.165, 1.54) is 6.07 Å². The van der Waals surface area contributed by atoms with E-state index in [1.54, 1.807) is 15.7 Å². The fraction of sp³-hybridized carbons (Fsp3) is 0.133. The van der Waals surface area contributed by atoms with Gasteiger partial charge in [0.2, 0.25) is 0 Å². The van der Waals surface area contributed by atoms with Gasteiger partial charge in [-0.25, -0.2) is 0 Å². The van der Waals surface area contributed by atoms with Gasteiger partial charge in [0.05, 0.1) is 0 Å². The third kappa shape index (κ3) is 2.33. The summed E-state index contributed by atoms with van der Waals surface area (Å²) < 4.78 is 2.31. The summed E-state index contributed by atoms with van der Waals surface area (Å²) in [6.07, 6.45) is 0. The Kier molecular flexibility index (Phi) is 3.49. The number of benzene rings is 2. The van der Waals surface area contributed by atoms with E-state index in [9.17, 15) is 14.9 Å². The number of rotatable bonds is 3. The van der Waals surface area contributed by atoms with E-state index in [1.807, 2.05) is 37.3 Å². The van der Waals surface area contributed by atoms with Crippen LogP contribution in [0, 0.1) is 10.1 Å². The van der Waals surface area contributed by atoms with E-state index in [4.69, 9.17) is 0 Å². The Morgan fingerprint density at radius 3 is 2.52 bits per heavy atom. The van der Waals surface area contributed by atoms with Gasteiger partial charge in [0, 0.05) is 0 Å². The van der Waals surface area contributed by atoms with E-state index < -0.39 is 4.92 Å². The van der Waals surface area contributed by atoms with Crippen molar-refractivity contribution >= 4 is 30.1 Å². The third-order valence-electron chi connectivity index (χ3n) is 3.44. The van der Waals surface area contributed by atoms with Crippen molar-refractivity contribution in [2.75, 3.05) is 0 Å². The molecule has 3 rings (SSSR count). The zero-order chi connectivity index (χ0) is 15.0. The van der Waals surface area contributed by atoms with Crippen molar-refractivity contribution < 1.29 is 4.92 Å². The van der Waals surface area contributed by atoms with Crippen LogP contribution in [0.2, 0.25) is 0 Å². The van der Waals surface area contributed by atoms with Crippen molar-refractivity contribution in [3.05, 3.63) is 74.6 Å². The van der Waals surface area contributed by atoms with Gasteiger partial charge in [-0.1, -0.05) is 0 Å². The fourth-order valence-electron chi connectivity index (χ4n) is 2.31. The summed E-state index contributed by atoms with van der Waals surface area (Å²) in [4.78, 5) is 23.2. The molecular formula is C15H12N2O3Se. The van der Waals surface area contributed by atoms with Gasteiger partial charge in [0.25, 0.3) is 0 Å². The van der Waals surface area contributed by atoms with Crippen LogP contribution in [0.3, 0.4) is 0 Å². The molecule has 0 saturated heterocycles. The van der Waals surface area contributed by atoms with Gasteiger partial charge in [-0.2, -0.15) is 0 Å². The summed E-state index contributed by atoms with van der Waals surface area (Å²) in [7, 11) is 0. The number of non-ortho nitro benzene ring substituents is 1. The predicted octanol–water partition coefficient (Wildman–Crippen LogP) is 2.58. The number of hydrogen-bond donors (Lipinski definition) is 0. The molecule has 0 aliphatic rings. The van der Waals surface area contributed by atoms with Gasteiger partial charge in [-0.15, -0.1) is 0 Å². The third-order valence-corrected chi connectivity index (χ3v) is 6.15. The molecular weight excluding hydrogens is 335 g/mol. The van der Waals surface area contributed by atoms with E-state index in [2.05, 4.69) is 0 Å². The Hall–Kier alpha value is -2.17. The minimum atomic E-state index is -0.412. The second-order valence-corrected chi connectivity index (χ2v) is 6.78. The number of aromatic nitrogens is 1. The quantitative estimate of drug-likeness (QED) is 0.416. The minimum absolute atomic E-state index is 0.0450. The van der Waals surface area contributed by atoms with Crippen molar-refractivity contribution in [2.24, 2.45) is 0 Å². The number of nitrogens with zero attached hydrogens (tertiary/aromatic N) is 2. The zero-order valence-corrected chi connectivity index (χ0v) is 12.9. The molecule has 0 spiro atoms. The second-order valence-electron chi connectivity index (χ2n) is 4.72. The maximum absolute atomic E-state index is 12.5. The predicted molar refractivity (Wildman–Crippen MR) is 82.1 cm³/mol. The molecule has 0 bridgehead atoms. The Labute approximate surface area is 126 Å². The molecule has 0 N–H and O–H groups in total. The molecule has 0 amide bonds. The first-order valence-electron chi connectivity index (χ1n) is 6.43. The van der Waals surface area contributed by atoms with Gasteiger partial charge in [-0.05, 0) is 0 Å². The summed E-state index contributed by atoms with van der Waals surface area (Å²) in [6, 6.07) is 14.3. The molecule has 1 heterocycles. The van der Waals surface area contributed by atoms with Crippen molar-refractivity contribution in [3.8, 4) is 0 Å². The van der Waals surface area contributed by atoms with Crippen LogP contribution in [0.5, 0.6) is 0 Å². The molecule has 1 atom stereocenters. The first-order valence-corrected chi connectivity index (χ1v) is 8.05. The molecule has 1 aromatic heterocycles. The molecule has 0 saturated carbocycles. The summed E-state index contributed by atoms with van der Waals surface area (Å²) >= 11 is -0.370. The molecule has 2 aromatic carbocycles. The summed E-state index contributed by atoms with van der Waals surface area (Å²) in [5, 5.41) is 11.6. The van der Waals surface area contributed by atoms with Crippen molar-refractivity contribution in [2.45, 2.75) is 13.0 Å². The molecule has 0 fully saturated rings. The van der Waals surface area contributed by atoms with Crippen LogP contribution in [0.4, 0.5) is 5.69 Å². The Balaban J connectivity index is 2.21. The first-order chi connectivity index (χ1) is 10.1. The van der Waals surface area contributed by atoms with Crippen LogP contribution in [0.25, 0.3) is 9.65 Å². The number of hydrogen-bond acceptors (Lipinski definition) is 3. The van der Waals surface area contributed by atoms with Crippen LogP contribution in [0.1, 0.15) is 18.5 Å². The van der Waals surface area contributed by atoms with E-state index in [-0.39, 0.29) is 32.0 Å². The van der Waals surface area contributed by atoms with Crippen molar-refractivity contribution in [1.29, 1.82) is 0 Å². The number of fused-ring (bicyclic) bond motifs is 1. The first kappa shape index (κ1) is 13.8. The molecule has 3 aromatic rings. The number of nitro benzene ring substituents is 1. The van der Waals surface area contributed by atoms with Crippen molar-refractivity contribution in [3.63, 3.8) is 0 Å². The van der Waals surface area contributed by atoms with Crippen LogP contribution in [-0.2, 0) is 0 Å². The average molecular weight is 347 g/mol. The molecule has 6 heteroatoms. The monoisotopic (exact) mass is 348 g/mol. The van der Waals surface area contributed by atoms with Crippen LogP contribution in [-0.4, -0.2) is 23.2 Å². The normalized spacial score (nSPS) is 12.4. The summed E-state index contributed by atoms with van der Waals surface area (Å²) in [5.74, 6) is 0. The summed E-state index contributed by atoms with van der Waals surface area (Å²) in [6.45, 7) is 1.95. The SMILES string of the molecule is CC(c1ccccc1)n1[se]c2c([N+](=O)[O-])cccc2c1=O. The zero-order valence-electron chi connectivity index (χ0n) is 11.2. The maximum atomic E-state index is 12.5. The Morgan fingerprint density at radius 2 is 1.86 bits per heavy atom. The fourth-order valence-corrected chi connectivity index (χ4v) is 4.72. The van der Waals surface area contributed by atoms with Gasteiger partial charge in [0.15, 0.2) is 0 Å². The van der Waals surface area contributed by atoms with E-state index >= 15 is 0 Å². The number of nitro groups is 1. The Bertz CT molecular complexity index is 868. The van der Waals surface area contributed by atoms with Gasteiger partial charge < -0.3 is 0 Å². The van der Waals surface area contributed by atoms with Crippen molar-refractivity contribution in [1.82, 2.24) is 3.56 Å². The summed E-state index contributed by atoms with van der Waals surface area (Å²) in [5.41, 5.74) is 0.955. The molecule has 5 nitrogen and oxygen atoms in total. The van der Waals surface area contributed by atoms with Crippen LogP contribution < -0.4 is 5.56 Å².